The topological polar surface area (TPSA) is 88.6 Å². The molecular weight excluding hydrogens is 372 g/mol. The fourth-order valence-electron chi connectivity index (χ4n) is 2.68. The van der Waals surface area contributed by atoms with Gasteiger partial charge in [-0.3, -0.25) is 0 Å². The zero-order valence-electron chi connectivity index (χ0n) is 13.5. The first kappa shape index (κ1) is 18.4. The van der Waals surface area contributed by atoms with E-state index >= 15 is 0 Å². The molecule has 0 bridgehead atoms. The molecule has 0 saturated carbocycles. The summed E-state index contributed by atoms with van der Waals surface area (Å²) < 4.78 is 45.4. The highest BCUT2D eigenvalue weighted by Gasteiger charge is 2.30. The van der Waals surface area contributed by atoms with Gasteiger partial charge in [-0.25, -0.2) is 13.9 Å². The number of rotatable bonds is 5. The predicted octanol–water partition coefficient (Wildman–Crippen LogP) is 2.68. The van der Waals surface area contributed by atoms with Crippen molar-refractivity contribution < 1.29 is 27.8 Å². The highest BCUT2D eigenvalue weighted by molar-refractivity contribution is 6.30. The third kappa shape index (κ3) is 4.05. The van der Waals surface area contributed by atoms with E-state index in [9.17, 15) is 13.6 Å². The molecule has 10 heteroatoms. The van der Waals surface area contributed by atoms with Crippen LogP contribution in [0.2, 0.25) is 5.02 Å². The van der Waals surface area contributed by atoms with E-state index in [0.717, 1.165) is 4.68 Å². The van der Waals surface area contributed by atoms with E-state index in [-0.39, 0.29) is 30.6 Å². The van der Waals surface area contributed by atoms with E-state index in [1.54, 1.807) is 0 Å². The first-order chi connectivity index (χ1) is 12.5. The Labute approximate surface area is 152 Å². The van der Waals surface area contributed by atoms with Crippen LogP contribution in [0, 0.1) is 17.6 Å². The van der Waals surface area contributed by atoms with Crippen LogP contribution >= 0.6 is 11.6 Å². The first-order valence-corrected chi connectivity index (χ1v) is 8.18. The summed E-state index contributed by atoms with van der Waals surface area (Å²) in [6.45, 7) is 0.645. The van der Waals surface area contributed by atoms with Gasteiger partial charge in [0.2, 0.25) is 5.82 Å². The average Bonchev–Trinajstić information content (AvgIpc) is 3.03. The Morgan fingerprint density at radius 2 is 2.23 bits per heavy atom. The summed E-state index contributed by atoms with van der Waals surface area (Å²) in [4.78, 5) is 11.0. The zero-order valence-corrected chi connectivity index (χ0v) is 14.3. The molecule has 1 amide bonds. The largest absolute Gasteiger partial charge is 0.490 e. The van der Waals surface area contributed by atoms with Crippen LogP contribution in [0.3, 0.4) is 0 Å². The number of carbonyl (C=O) groups excluding carboxylic acids is 1. The molecule has 26 heavy (non-hydrogen) atoms. The lowest BCUT2D eigenvalue weighted by molar-refractivity contribution is -0.0544. The Balaban J connectivity index is 1.72. The highest BCUT2D eigenvalue weighted by atomic mass is 35.5. The van der Waals surface area contributed by atoms with Crippen LogP contribution in [0.5, 0.6) is 5.75 Å². The van der Waals surface area contributed by atoms with Gasteiger partial charge in [0, 0.05) is 12.6 Å². The smallest absolute Gasteiger partial charge is 0.404 e. The fourth-order valence-corrected chi connectivity index (χ4v) is 2.81. The second kappa shape index (κ2) is 7.88. The number of nitrogens with two attached hydrogens (primary N) is 1. The van der Waals surface area contributed by atoms with E-state index in [0.29, 0.717) is 18.1 Å². The summed E-state index contributed by atoms with van der Waals surface area (Å²) in [5.41, 5.74) is 4.94. The van der Waals surface area contributed by atoms with Gasteiger partial charge >= 0.3 is 6.09 Å². The van der Waals surface area contributed by atoms with Crippen LogP contribution in [0.4, 0.5) is 13.6 Å². The lowest BCUT2D eigenvalue weighted by atomic mass is 9.99. The Bertz CT molecular complexity index is 802. The van der Waals surface area contributed by atoms with E-state index in [1.165, 1.54) is 24.5 Å². The molecule has 2 heterocycles. The summed E-state index contributed by atoms with van der Waals surface area (Å²) in [7, 11) is 0. The lowest BCUT2D eigenvalue weighted by Crippen LogP contribution is -2.40. The summed E-state index contributed by atoms with van der Waals surface area (Å²) in [6, 6.07) is 2.61. The Hall–Kier alpha value is -2.39. The summed E-state index contributed by atoms with van der Waals surface area (Å²) in [5.74, 6) is -2.89. The standard InChI is InChI=1S/C16H16ClF2N3O4/c17-10-5-21-22(6-10)11-1-2-13(15(19)14(11)18)25-8-9-7-24-4-3-12(9)26-16(20)23/h1-2,5-6,9,12H,3-4,7-8H2,(H2,20,23)/t9-,12+/m1/s1. The number of amides is 1. The SMILES string of the molecule is NC(=O)O[C@H]1CCOC[C@@H]1COc1ccc(-n2cc(Cl)cn2)c(F)c1F. The van der Waals surface area contributed by atoms with Gasteiger partial charge < -0.3 is 19.9 Å². The molecule has 3 rings (SSSR count). The number of benzene rings is 1. The number of hydrogen-bond donors (Lipinski definition) is 1. The van der Waals surface area contributed by atoms with Crippen molar-refractivity contribution in [1.29, 1.82) is 0 Å². The van der Waals surface area contributed by atoms with Crippen LogP contribution in [-0.2, 0) is 9.47 Å². The Kier molecular flexibility index (Phi) is 5.58. The summed E-state index contributed by atoms with van der Waals surface area (Å²) in [6.07, 6.45) is 1.71. The van der Waals surface area contributed by atoms with Crippen molar-refractivity contribution in [3.8, 4) is 11.4 Å². The van der Waals surface area contributed by atoms with E-state index < -0.39 is 23.8 Å². The Morgan fingerprint density at radius 1 is 1.42 bits per heavy atom. The molecule has 7 nitrogen and oxygen atoms in total. The number of primary amides is 1. The maximum Gasteiger partial charge on any atom is 0.404 e. The number of ether oxygens (including phenoxy) is 3. The van der Waals surface area contributed by atoms with Crippen molar-refractivity contribution in [3.05, 3.63) is 41.2 Å². The van der Waals surface area contributed by atoms with Gasteiger partial charge in [0.1, 0.15) is 11.8 Å². The van der Waals surface area contributed by atoms with Crippen molar-refractivity contribution in [2.75, 3.05) is 19.8 Å². The molecule has 2 atom stereocenters. The first-order valence-electron chi connectivity index (χ1n) is 7.81. The molecule has 1 saturated heterocycles. The average molecular weight is 388 g/mol. The van der Waals surface area contributed by atoms with Gasteiger partial charge in [0.15, 0.2) is 11.6 Å². The molecule has 1 aromatic heterocycles. The van der Waals surface area contributed by atoms with Crippen molar-refractivity contribution in [2.24, 2.45) is 11.7 Å². The molecular formula is C16H16ClF2N3O4. The van der Waals surface area contributed by atoms with Crippen molar-refractivity contribution in [2.45, 2.75) is 12.5 Å². The molecule has 140 valence electrons. The number of carbonyl (C=O) groups is 1. The number of hydrogen-bond acceptors (Lipinski definition) is 5. The summed E-state index contributed by atoms with van der Waals surface area (Å²) in [5, 5.41) is 4.13. The number of nitrogens with zero attached hydrogens (tertiary/aromatic N) is 2. The molecule has 0 radical (unpaired) electrons. The fraction of sp³-hybridized carbons (Fsp3) is 0.375. The van der Waals surface area contributed by atoms with Crippen molar-refractivity contribution in [3.63, 3.8) is 0 Å². The maximum atomic E-state index is 14.3. The lowest BCUT2D eigenvalue weighted by Gasteiger charge is -2.30. The third-order valence-electron chi connectivity index (χ3n) is 3.95. The molecule has 1 fully saturated rings. The van der Waals surface area contributed by atoms with E-state index in [1.807, 2.05) is 0 Å². The van der Waals surface area contributed by atoms with Gasteiger partial charge in [0.05, 0.1) is 37.0 Å². The minimum Gasteiger partial charge on any atom is -0.490 e. The van der Waals surface area contributed by atoms with E-state index in [2.05, 4.69) is 5.10 Å². The van der Waals surface area contributed by atoms with Crippen LogP contribution in [0.1, 0.15) is 6.42 Å². The van der Waals surface area contributed by atoms with Crippen molar-refractivity contribution >= 4 is 17.7 Å². The molecule has 1 aliphatic heterocycles. The normalized spacial score (nSPS) is 20.0. The number of aromatic nitrogens is 2. The molecule has 0 aliphatic carbocycles. The van der Waals surface area contributed by atoms with Gasteiger partial charge in [-0.2, -0.15) is 9.49 Å². The van der Waals surface area contributed by atoms with Gasteiger partial charge in [-0.15, -0.1) is 0 Å². The third-order valence-corrected chi connectivity index (χ3v) is 4.14. The molecule has 0 unspecified atom stereocenters. The van der Waals surface area contributed by atoms with Crippen LogP contribution in [0.25, 0.3) is 5.69 Å². The second-order valence-corrected chi connectivity index (χ2v) is 6.16. The molecule has 2 aromatic rings. The monoisotopic (exact) mass is 387 g/mol. The molecule has 2 N–H and O–H groups in total. The van der Waals surface area contributed by atoms with Crippen LogP contribution < -0.4 is 10.5 Å². The van der Waals surface area contributed by atoms with Gasteiger partial charge in [0.25, 0.3) is 0 Å². The quantitative estimate of drug-likeness (QED) is 0.852. The molecule has 1 aromatic carbocycles. The minimum atomic E-state index is -1.15. The zero-order chi connectivity index (χ0) is 18.7. The molecule has 1 aliphatic rings. The minimum absolute atomic E-state index is 0.0265. The number of halogens is 3. The van der Waals surface area contributed by atoms with Crippen LogP contribution in [0.15, 0.2) is 24.5 Å². The highest BCUT2D eigenvalue weighted by Crippen LogP contribution is 2.27. The predicted molar refractivity (Wildman–Crippen MR) is 87.4 cm³/mol. The molecule has 0 spiro atoms. The van der Waals surface area contributed by atoms with Crippen LogP contribution in [-0.4, -0.2) is 41.8 Å². The van der Waals surface area contributed by atoms with E-state index in [4.69, 9.17) is 31.5 Å². The second-order valence-electron chi connectivity index (χ2n) is 5.72. The van der Waals surface area contributed by atoms with Crippen molar-refractivity contribution in [1.82, 2.24) is 9.78 Å². The Morgan fingerprint density at radius 3 is 2.92 bits per heavy atom. The summed E-state index contributed by atoms with van der Waals surface area (Å²) >= 11 is 5.74. The maximum absolute atomic E-state index is 14.3. The van der Waals surface area contributed by atoms with Gasteiger partial charge in [-0.1, -0.05) is 11.6 Å². The van der Waals surface area contributed by atoms with Gasteiger partial charge in [-0.05, 0) is 12.1 Å².